The fourth-order valence-corrected chi connectivity index (χ4v) is 4.43. The molecule has 3 rings (SSSR count). The average molecular weight is 459 g/mol. The molecule has 1 heterocycles. The molecule has 2 aromatic carbocycles. The molecule has 8 nitrogen and oxygen atoms in total. The monoisotopic (exact) mass is 458 g/mol. The Kier molecular flexibility index (Phi) is 6.83. The van der Waals surface area contributed by atoms with Crippen LogP contribution in [-0.2, 0) is 19.6 Å². The van der Waals surface area contributed by atoms with Crippen molar-refractivity contribution >= 4 is 44.8 Å². The van der Waals surface area contributed by atoms with Gasteiger partial charge in [0.15, 0.2) is 6.61 Å². The van der Waals surface area contributed by atoms with Gasteiger partial charge in [0.2, 0.25) is 0 Å². The van der Waals surface area contributed by atoms with Gasteiger partial charge in [0.1, 0.15) is 0 Å². The van der Waals surface area contributed by atoms with Crippen molar-refractivity contribution in [2.45, 2.75) is 4.90 Å². The van der Waals surface area contributed by atoms with E-state index in [1.165, 1.54) is 42.6 Å². The Morgan fingerprint density at radius 3 is 2.42 bits per heavy atom. The van der Waals surface area contributed by atoms with Crippen molar-refractivity contribution in [1.82, 2.24) is 5.32 Å². The molecule has 0 saturated heterocycles. The van der Waals surface area contributed by atoms with E-state index in [0.29, 0.717) is 10.6 Å². The lowest BCUT2D eigenvalue weighted by Gasteiger charge is -2.19. The number of ether oxygens (including phenoxy) is 1. The molecule has 0 spiro atoms. The van der Waals surface area contributed by atoms with Crippen LogP contribution in [0, 0.1) is 0 Å². The zero-order valence-electron chi connectivity index (χ0n) is 16.3. The van der Waals surface area contributed by atoms with Crippen LogP contribution in [0.1, 0.15) is 20.0 Å². The minimum Gasteiger partial charge on any atom is -0.452 e. The van der Waals surface area contributed by atoms with Crippen molar-refractivity contribution < 1.29 is 27.5 Å². The van der Waals surface area contributed by atoms with Gasteiger partial charge in [-0.15, -0.1) is 11.3 Å². The minimum atomic E-state index is -3.92. The summed E-state index contributed by atoms with van der Waals surface area (Å²) in [6.07, 6.45) is 0. The molecule has 0 aliphatic carbocycles. The SMILES string of the molecule is CN(c1ccccc1)S(=O)(=O)c1cccc(C(=O)OCC(=O)NC(=O)c2cccs2)c1. The summed E-state index contributed by atoms with van der Waals surface area (Å²) < 4.78 is 31.8. The van der Waals surface area contributed by atoms with Crippen molar-refractivity contribution in [2.75, 3.05) is 18.0 Å². The van der Waals surface area contributed by atoms with E-state index in [2.05, 4.69) is 5.32 Å². The second kappa shape index (κ2) is 9.54. The molecule has 0 radical (unpaired) electrons. The number of carbonyl (C=O) groups is 3. The average Bonchev–Trinajstić information content (AvgIpc) is 3.33. The van der Waals surface area contributed by atoms with Gasteiger partial charge >= 0.3 is 5.97 Å². The van der Waals surface area contributed by atoms with E-state index in [9.17, 15) is 22.8 Å². The van der Waals surface area contributed by atoms with E-state index >= 15 is 0 Å². The highest BCUT2D eigenvalue weighted by Crippen LogP contribution is 2.22. The molecule has 0 aliphatic heterocycles. The molecule has 0 aliphatic rings. The summed E-state index contributed by atoms with van der Waals surface area (Å²) >= 11 is 1.17. The number of amides is 2. The van der Waals surface area contributed by atoms with Gasteiger partial charge in [-0.3, -0.25) is 19.2 Å². The Morgan fingerprint density at radius 2 is 1.74 bits per heavy atom. The van der Waals surface area contributed by atoms with Crippen LogP contribution < -0.4 is 9.62 Å². The quantitative estimate of drug-likeness (QED) is 0.545. The lowest BCUT2D eigenvalue weighted by molar-refractivity contribution is -0.123. The number of sulfonamides is 1. The van der Waals surface area contributed by atoms with Gasteiger partial charge in [-0.25, -0.2) is 13.2 Å². The summed E-state index contributed by atoms with van der Waals surface area (Å²) in [6.45, 7) is -0.684. The number of esters is 1. The summed E-state index contributed by atoms with van der Waals surface area (Å²) in [4.78, 5) is 36.2. The fourth-order valence-electron chi connectivity index (χ4n) is 2.56. The third-order valence-corrected chi connectivity index (χ3v) is 6.83. The lowest BCUT2D eigenvalue weighted by Crippen LogP contribution is -2.33. The Balaban J connectivity index is 1.66. The predicted octanol–water partition coefficient (Wildman–Crippen LogP) is 2.69. The molecule has 1 N–H and O–H groups in total. The molecule has 0 saturated carbocycles. The van der Waals surface area contributed by atoms with E-state index in [1.54, 1.807) is 47.8 Å². The molecule has 0 unspecified atom stereocenters. The molecule has 31 heavy (non-hydrogen) atoms. The number of rotatable bonds is 7. The van der Waals surface area contributed by atoms with Crippen molar-refractivity contribution in [3.8, 4) is 0 Å². The molecule has 0 fully saturated rings. The maximum Gasteiger partial charge on any atom is 0.338 e. The molecule has 160 valence electrons. The second-order valence-corrected chi connectivity index (χ2v) is 9.18. The molecule has 1 aromatic heterocycles. The maximum atomic E-state index is 12.9. The smallest absolute Gasteiger partial charge is 0.338 e. The topological polar surface area (TPSA) is 110 Å². The van der Waals surface area contributed by atoms with E-state index in [0.717, 1.165) is 4.31 Å². The summed E-state index contributed by atoms with van der Waals surface area (Å²) in [7, 11) is -2.51. The number of nitrogens with zero attached hydrogens (tertiary/aromatic N) is 1. The molecule has 0 atom stereocenters. The summed E-state index contributed by atoms with van der Waals surface area (Å²) in [5, 5.41) is 3.80. The highest BCUT2D eigenvalue weighted by molar-refractivity contribution is 7.92. The fraction of sp³-hybridized carbons (Fsp3) is 0.0952. The predicted molar refractivity (Wildman–Crippen MR) is 116 cm³/mol. The summed E-state index contributed by atoms with van der Waals surface area (Å²) in [5.74, 6) is -2.27. The van der Waals surface area contributed by atoms with Crippen LogP contribution in [0.2, 0.25) is 0 Å². The van der Waals surface area contributed by atoms with Gasteiger partial charge in [0.25, 0.3) is 21.8 Å². The van der Waals surface area contributed by atoms with Gasteiger partial charge < -0.3 is 4.74 Å². The van der Waals surface area contributed by atoms with Crippen molar-refractivity contribution in [2.24, 2.45) is 0 Å². The lowest BCUT2D eigenvalue weighted by atomic mass is 10.2. The third-order valence-electron chi connectivity index (χ3n) is 4.18. The zero-order valence-corrected chi connectivity index (χ0v) is 18.0. The van der Waals surface area contributed by atoms with Crippen molar-refractivity contribution in [3.05, 3.63) is 82.6 Å². The van der Waals surface area contributed by atoms with Crippen LogP contribution in [0.5, 0.6) is 0 Å². The largest absolute Gasteiger partial charge is 0.452 e. The van der Waals surface area contributed by atoms with E-state index < -0.39 is 34.4 Å². The molecule has 10 heteroatoms. The number of nitrogens with one attached hydrogen (secondary N) is 1. The second-order valence-electron chi connectivity index (χ2n) is 6.27. The van der Waals surface area contributed by atoms with E-state index in [1.807, 2.05) is 0 Å². The minimum absolute atomic E-state index is 0.0417. The highest BCUT2D eigenvalue weighted by Gasteiger charge is 2.23. The first-order valence-corrected chi connectivity index (χ1v) is 11.3. The van der Waals surface area contributed by atoms with E-state index in [4.69, 9.17) is 4.74 Å². The standard InChI is InChI=1S/C21H18N2O6S2/c1-23(16-8-3-2-4-9-16)31(27,28)17-10-5-7-15(13-17)21(26)29-14-19(24)22-20(25)18-11-6-12-30-18/h2-13H,14H2,1H3,(H,22,24,25). The number of benzene rings is 2. The van der Waals surface area contributed by atoms with Crippen LogP contribution in [0.15, 0.2) is 77.0 Å². The van der Waals surface area contributed by atoms with Crippen molar-refractivity contribution in [3.63, 3.8) is 0 Å². The normalized spacial score (nSPS) is 10.9. The Hall–Kier alpha value is -3.50. The van der Waals surface area contributed by atoms with Gasteiger partial charge in [-0.2, -0.15) is 0 Å². The maximum absolute atomic E-state index is 12.9. The zero-order chi connectivity index (χ0) is 22.4. The summed E-state index contributed by atoms with van der Waals surface area (Å²) in [5.41, 5.74) is 0.419. The Bertz CT molecular complexity index is 1190. The van der Waals surface area contributed by atoms with Crippen LogP contribution >= 0.6 is 11.3 Å². The molecule has 0 bridgehead atoms. The first-order chi connectivity index (χ1) is 14.8. The molecule has 3 aromatic rings. The first kappa shape index (κ1) is 22.2. The number of anilines is 1. The Morgan fingerprint density at radius 1 is 1.00 bits per heavy atom. The first-order valence-electron chi connectivity index (χ1n) is 8.98. The van der Waals surface area contributed by atoms with Crippen LogP contribution in [0.3, 0.4) is 0 Å². The Labute approximate surface area is 183 Å². The van der Waals surface area contributed by atoms with Gasteiger partial charge in [0, 0.05) is 7.05 Å². The molecular weight excluding hydrogens is 440 g/mol. The number of hydrogen-bond acceptors (Lipinski definition) is 7. The number of carbonyl (C=O) groups excluding carboxylic acids is 3. The van der Waals surface area contributed by atoms with Crippen molar-refractivity contribution in [1.29, 1.82) is 0 Å². The number of thiophene rings is 1. The molecule has 2 amide bonds. The summed E-state index contributed by atoms with van der Waals surface area (Å²) in [6, 6.07) is 17.0. The molecular formula is C21H18N2O6S2. The third kappa shape index (κ3) is 5.36. The van der Waals surface area contributed by atoms with Crippen LogP contribution in [0.25, 0.3) is 0 Å². The van der Waals surface area contributed by atoms with Gasteiger partial charge in [-0.05, 0) is 41.8 Å². The number of hydrogen-bond donors (Lipinski definition) is 1. The number of para-hydroxylation sites is 1. The van der Waals surface area contributed by atoms with Crippen LogP contribution in [-0.4, -0.2) is 39.9 Å². The highest BCUT2D eigenvalue weighted by atomic mass is 32.2. The van der Waals surface area contributed by atoms with Gasteiger partial charge in [-0.1, -0.05) is 30.3 Å². The van der Waals surface area contributed by atoms with Gasteiger partial charge in [0.05, 0.1) is 21.0 Å². The number of imide groups is 1. The van der Waals surface area contributed by atoms with E-state index in [-0.39, 0.29) is 10.5 Å². The van der Waals surface area contributed by atoms with Crippen LogP contribution in [0.4, 0.5) is 5.69 Å².